The quantitative estimate of drug-likeness (QED) is 0.659. The smallest absolute Gasteiger partial charge is 0.289 e. The Morgan fingerprint density at radius 2 is 1.73 bits per heavy atom. The zero-order valence-electron chi connectivity index (χ0n) is 14.1. The molecule has 3 aromatic rings. The Morgan fingerprint density at radius 1 is 1.04 bits per heavy atom. The number of carbonyl (C=O) groups is 3. The number of rotatable bonds is 4. The first-order valence-electron chi connectivity index (χ1n) is 8.21. The molecule has 0 N–H and O–H groups in total. The van der Waals surface area contributed by atoms with Crippen molar-refractivity contribution in [2.45, 2.75) is 12.6 Å². The van der Waals surface area contributed by atoms with Gasteiger partial charge < -0.3 is 9.47 Å². The molecule has 1 amide bonds. The number of benzene rings is 2. The second-order valence-corrected chi connectivity index (χ2v) is 7.17. The van der Waals surface area contributed by atoms with Gasteiger partial charge in [0.1, 0.15) is 6.04 Å². The van der Waals surface area contributed by atoms with Gasteiger partial charge in [0.2, 0.25) is 5.12 Å². The molecule has 130 valence electrons. The number of hydrogen-bond acceptors (Lipinski definition) is 4. The van der Waals surface area contributed by atoms with Gasteiger partial charge in [0.05, 0.1) is 6.54 Å². The molecule has 1 fully saturated rings. The molecule has 1 saturated heterocycles. The van der Waals surface area contributed by atoms with Gasteiger partial charge in [-0.25, -0.2) is 0 Å². The van der Waals surface area contributed by atoms with Crippen molar-refractivity contribution in [2.24, 2.45) is 0 Å². The highest BCUT2D eigenvalue weighted by atomic mass is 32.2. The summed E-state index contributed by atoms with van der Waals surface area (Å²) in [6.07, 6.45) is 1.82. The van der Waals surface area contributed by atoms with E-state index in [1.807, 2.05) is 53.2 Å². The zero-order valence-corrected chi connectivity index (χ0v) is 14.9. The third kappa shape index (κ3) is 2.72. The molecule has 0 aliphatic carbocycles. The number of ketones is 1. The van der Waals surface area contributed by atoms with Crippen molar-refractivity contribution in [3.05, 3.63) is 71.9 Å². The summed E-state index contributed by atoms with van der Waals surface area (Å²) in [5.74, 6) is -0.00513. The summed E-state index contributed by atoms with van der Waals surface area (Å²) >= 11 is 0.732. The molecular formula is C20H16N2O3S. The fourth-order valence-corrected chi connectivity index (χ4v) is 4.13. The Hall–Kier alpha value is -2.86. The van der Waals surface area contributed by atoms with Gasteiger partial charge in [-0.05, 0) is 6.07 Å². The minimum absolute atomic E-state index is 0.00513. The molecule has 1 aliphatic heterocycles. The Bertz CT molecular complexity index is 1030. The fourth-order valence-electron chi connectivity index (χ4n) is 3.31. The normalized spacial score (nSPS) is 17.3. The highest BCUT2D eigenvalue weighted by Gasteiger charge is 2.39. The molecule has 2 heterocycles. The van der Waals surface area contributed by atoms with Gasteiger partial charge in [-0.2, -0.15) is 0 Å². The number of amides is 1. The lowest BCUT2D eigenvalue weighted by Crippen LogP contribution is -2.23. The summed E-state index contributed by atoms with van der Waals surface area (Å²) in [6, 6.07) is 16.1. The van der Waals surface area contributed by atoms with E-state index in [1.165, 1.54) is 4.90 Å². The molecule has 1 unspecified atom stereocenters. The molecular weight excluding hydrogens is 348 g/mol. The third-order valence-electron chi connectivity index (χ3n) is 4.61. The topological polar surface area (TPSA) is 59.4 Å². The van der Waals surface area contributed by atoms with E-state index in [9.17, 15) is 14.4 Å². The minimum Gasteiger partial charge on any atom is -0.339 e. The van der Waals surface area contributed by atoms with Crippen LogP contribution in [0.15, 0.2) is 60.8 Å². The molecule has 4 rings (SSSR count). The van der Waals surface area contributed by atoms with Crippen LogP contribution in [-0.2, 0) is 11.3 Å². The molecule has 0 bridgehead atoms. The summed E-state index contributed by atoms with van der Waals surface area (Å²) in [6.45, 7) is 0.177. The number of likely N-dealkylation sites (N-methyl/N-ethyl adjacent to an activating group) is 1. The predicted molar refractivity (Wildman–Crippen MR) is 101 cm³/mol. The number of carbonyl (C=O) groups excluding carboxylic acids is 3. The van der Waals surface area contributed by atoms with Crippen molar-refractivity contribution in [3.8, 4) is 0 Å². The summed E-state index contributed by atoms with van der Waals surface area (Å²) in [5.41, 5.74) is 2.27. The average Bonchev–Trinajstić information content (AvgIpc) is 3.12. The Labute approximate surface area is 154 Å². The van der Waals surface area contributed by atoms with Crippen LogP contribution in [-0.4, -0.2) is 32.7 Å². The molecule has 1 atom stereocenters. The van der Waals surface area contributed by atoms with Crippen LogP contribution in [0.3, 0.4) is 0 Å². The highest BCUT2D eigenvalue weighted by Crippen LogP contribution is 2.39. The van der Waals surface area contributed by atoms with Gasteiger partial charge >= 0.3 is 0 Å². The van der Waals surface area contributed by atoms with Crippen molar-refractivity contribution in [1.29, 1.82) is 0 Å². The Kier molecular flexibility index (Phi) is 4.12. The summed E-state index contributed by atoms with van der Waals surface area (Å²) in [4.78, 5) is 38.3. The first-order chi connectivity index (χ1) is 12.6. The summed E-state index contributed by atoms with van der Waals surface area (Å²) in [7, 11) is 1.63. The maximum Gasteiger partial charge on any atom is 0.289 e. The maximum atomic E-state index is 12.6. The van der Waals surface area contributed by atoms with E-state index < -0.39 is 6.04 Å². The monoisotopic (exact) mass is 364 g/mol. The van der Waals surface area contributed by atoms with E-state index in [2.05, 4.69) is 0 Å². The second-order valence-electron chi connectivity index (χ2n) is 6.22. The standard InChI is InChI=1S/C20H16N2O3S/c1-21-18(19(24)26-20(21)25)15-11-22(16-10-6-5-9-14(15)16)12-17(23)13-7-3-2-4-8-13/h2-11,18H,12H2,1H3. The van der Waals surface area contributed by atoms with Crippen LogP contribution < -0.4 is 0 Å². The zero-order chi connectivity index (χ0) is 18.3. The molecule has 0 radical (unpaired) electrons. The molecule has 5 nitrogen and oxygen atoms in total. The van der Waals surface area contributed by atoms with Crippen LogP contribution in [0.2, 0.25) is 0 Å². The Balaban J connectivity index is 1.76. The van der Waals surface area contributed by atoms with Crippen molar-refractivity contribution < 1.29 is 14.4 Å². The number of aromatic nitrogens is 1. The number of fused-ring (bicyclic) bond motifs is 1. The van der Waals surface area contributed by atoms with E-state index in [-0.39, 0.29) is 22.7 Å². The van der Waals surface area contributed by atoms with Crippen LogP contribution in [0.4, 0.5) is 4.79 Å². The Morgan fingerprint density at radius 3 is 2.42 bits per heavy atom. The lowest BCUT2D eigenvalue weighted by atomic mass is 10.1. The molecule has 1 aliphatic rings. The van der Waals surface area contributed by atoms with E-state index in [0.717, 1.165) is 28.2 Å². The fraction of sp³-hybridized carbons (Fsp3) is 0.150. The van der Waals surface area contributed by atoms with Crippen LogP contribution >= 0.6 is 11.8 Å². The molecule has 0 spiro atoms. The van der Waals surface area contributed by atoms with E-state index in [4.69, 9.17) is 0 Å². The maximum absolute atomic E-state index is 12.6. The first-order valence-corrected chi connectivity index (χ1v) is 9.02. The average molecular weight is 364 g/mol. The van der Waals surface area contributed by atoms with E-state index in [0.29, 0.717) is 5.56 Å². The lowest BCUT2D eigenvalue weighted by Gasteiger charge is -2.16. The van der Waals surface area contributed by atoms with Crippen LogP contribution in [0.1, 0.15) is 22.0 Å². The van der Waals surface area contributed by atoms with Gasteiger partial charge in [0, 0.05) is 47.0 Å². The van der Waals surface area contributed by atoms with Gasteiger partial charge in [0.25, 0.3) is 5.24 Å². The molecule has 0 saturated carbocycles. The lowest BCUT2D eigenvalue weighted by molar-refractivity contribution is -0.113. The molecule has 1 aromatic heterocycles. The summed E-state index contributed by atoms with van der Waals surface area (Å²) < 4.78 is 1.86. The van der Waals surface area contributed by atoms with E-state index >= 15 is 0 Å². The summed E-state index contributed by atoms with van der Waals surface area (Å²) in [5, 5.41) is 0.445. The number of para-hydroxylation sites is 1. The first kappa shape index (κ1) is 16.6. The van der Waals surface area contributed by atoms with Gasteiger partial charge in [-0.3, -0.25) is 14.4 Å². The van der Waals surface area contributed by atoms with Crippen molar-refractivity contribution in [1.82, 2.24) is 9.47 Å². The molecule has 2 aromatic carbocycles. The van der Waals surface area contributed by atoms with Crippen molar-refractivity contribution in [2.75, 3.05) is 7.05 Å². The number of nitrogens with zero attached hydrogens (tertiary/aromatic N) is 2. The number of thioether (sulfide) groups is 1. The molecule has 26 heavy (non-hydrogen) atoms. The largest absolute Gasteiger partial charge is 0.339 e. The van der Waals surface area contributed by atoms with Gasteiger partial charge in [-0.15, -0.1) is 0 Å². The molecule has 6 heteroatoms. The third-order valence-corrected chi connectivity index (χ3v) is 5.50. The van der Waals surface area contributed by atoms with Crippen LogP contribution in [0, 0.1) is 0 Å². The number of hydrogen-bond donors (Lipinski definition) is 0. The van der Waals surface area contributed by atoms with Crippen LogP contribution in [0.25, 0.3) is 10.9 Å². The van der Waals surface area contributed by atoms with Crippen molar-refractivity contribution in [3.63, 3.8) is 0 Å². The SMILES string of the molecule is CN1C(=O)SC(=O)C1c1cn(CC(=O)c2ccccc2)c2ccccc12. The van der Waals surface area contributed by atoms with Crippen LogP contribution in [0.5, 0.6) is 0 Å². The van der Waals surface area contributed by atoms with E-state index in [1.54, 1.807) is 19.2 Å². The second kappa shape index (κ2) is 6.46. The minimum atomic E-state index is -0.620. The highest BCUT2D eigenvalue weighted by molar-refractivity contribution is 8.26. The predicted octanol–water partition coefficient (Wildman–Crippen LogP) is 3.89. The van der Waals surface area contributed by atoms with Gasteiger partial charge in [-0.1, -0.05) is 48.5 Å². The van der Waals surface area contributed by atoms with Gasteiger partial charge in [0.15, 0.2) is 5.78 Å². The van der Waals surface area contributed by atoms with Crippen molar-refractivity contribution >= 4 is 38.8 Å². The number of Topliss-reactive ketones (excluding diaryl/α,β-unsaturated/α-hetero) is 1.